The van der Waals surface area contributed by atoms with Gasteiger partial charge in [-0.15, -0.1) is 0 Å². The van der Waals surface area contributed by atoms with Gasteiger partial charge in [0, 0.05) is 43.4 Å². The molecule has 0 unspecified atom stereocenters. The molecule has 0 spiro atoms. The molecule has 0 bridgehead atoms. The summed E-state index contributed by atoms with van der Waals surface area (Å²) in [5.74, 6) is 2.43. The number of ether oxygens (including phenoxy) is 2. The number of nitrogens with one attached hydrogen (secondary N) is 3. The average Bonchev–Trinajstić information content (AvgIpc) is 3.06. The molecule has 2 aromatic heterocycles. The number of piperidine rings is 1. The van der Waals surface area contributed by atoms with E-state index in [0.29, 0.717) is 18.2 Å². The minimum atomic E-state index is -0.958. The minimum absolute atomic E-state index is 0.0861. The zero-order chi connectivity index (χ0) is 30.0. The van der Waals surface area contributed by atoms with Crippen LogP contribution in [-0.2, 0) is 33.7 Å². The SMILES string of the molecule is CCOC(=O)[C@@H](CNc1ncnc(N2CCC(c3ccc4c(n3)NCCC4)CC2)c1CC)NC(=O)OCc1ccccc1. The third-order valence-electron chi connectivity index (χ3n) is 7.95. The van der Waals surface area contributed by atoms with Crippen molar-refractivity contribution in [1.82, 2.24) is 20.3 Å². The summed E-state index contributed by atoms with van der Waals surface area (Å²) >= 11 is 0. The molecule has 1 fully saturated rings. The van der Waals surface area contributed by atoms with Crippen molar-refractivity contribution in [3.8, 4) is 0 Å². The van der Waals surface area contributed by atoms with Gasteiger partial charge < -0.3 is 30.3 Å². The van der Waals surface area contributed by atoms with Crippen LogP contribution in [-0.4, -0.2) is 65.8 Å². The van der Waals surface area contributed by atoms with E-state index in [0.717, 1.165) is 73.8 Å². The smallest absolute Gasteiger partial charge is 0.408 e. The number of benzene rings is 1. The maximum absolute atomic E-state index is 12.7. The molecule has 5 rings (SSSR count). The zero-order valence-corrected chi connectivity index (χ0v) is 25.0. The number of carbonyl (C=O) groups is 2. The molecule has 228 valence electrons. The molecule has 1 saturated heterocycles. The van der Waals surface area contributed by atoms with Gasteiger partial charge in [-0.25, -0.2) is 24.5 Å². The molecule has 3 N–H and O–H groups in total. The second-order valence-corrected chi connectivity index (χ2v) is 10.8. The quantitative estimate of drug-likeness (QED) is 0.277. The zero-order valence-electron chi connectivity index (χ0n) is 25.0. The molecular weight excluding hydrogens is 546 g/mol. The molecule has 43 heavy (non-hydrogen) atoms. The molecule has 1 aromatic carbocycles. The van der Waals surface area contributed by atoms with Gasteiger partial charge in [-0.05, 0) is 56.2 Å². The first-order valence-electron chi connectivity index (χ1n) is 15.3. The van der Waals surface area contributed by atoms with E-state index in [2.05, 4.69) is 49.9 Å². The molecule has 1 atom stereocenters. The van der Waals surface area contributed by atoms with Crippen molar-refractivity contribution in [3.63, 3.8) is 0 Å². The van der Waals surface area contributed by atoms with Crippen LogP contribution < -0.4 is 20.9 Å². The lowest BCUT2D eigenvalue weighted by Gasteiger charge is -2.34. The molecular formula is C32H41N7O4. The number of anilines is 3. The van der Waals surface area contributed by atoms with E-state index < -0.39 is 18.1 Å². The summed E-state index contributed by atoms with van der Waals surface area (Å²) in [5.41, 5.74) is 4.29. The van der Waals surface area contributed by atoms with Gasteiger partial charge in [0.15, 0.2) is 0 Å². The first kappa shape index (κ1) is 30.1. The number of amides is 1. The van der Waals surface area contributed by atoms with Crippen molar-refractivity contribution in [3.05, 3.63) is 71.2 Å². The Kier molecular flexibility index (Phi) is 10.2. The van der Waals surface area contributed by atoms with Crippen molar-refractivity contribution >= 4 is 29.5 Å². The van der Waals surface area contributed by atoms with E-state index in [9.17, 15) is 9.59 Å². The van der Waals surface area contributed by atoms with Gasteiger partial charge in [-0.3, -0.25) is 0 Å². The normalized spacial score (nSPS) is 15.5. The molecule has 0 aliphatic carbocycles. The molecule has 2 aliphatic rings. The molecule has 0 saturated carbocycles. The number of rotatable bonds is 11. The van der Waals surface area contributed by atoms with Gasteiger partial charge in [-0.2, -0.15) is 0 Å². The third-order valence-corrected chi connectivity index (χ3v) is 7.95. The summed E-state index contributed by atoms with van der Waals surface area (Å²) < 4.78 is 10.5. The maximum atomic E-state index is 12.7. The third kappa shape index (κ3) is 7.71. The first-order chi connectivity index (χ1) is 21.1. The minimum Gasteiger partial charge on any atom is -0.464 e. The Morgan fingerprint density at radius 1 is 1.07 bits per heavy atom. The highest BCUT2D eigenvalue weighted by Crippen LogP contribution is 2.33. The van der Waals surface area contributed by atoms with Crippen LogP contribution in [0.15, 0.2) is 48.8 Å². The second-order valence-electron chi connectivity index (χ2n) is 10.8. The number of carbonyl (C=O) groups excluding carboxylic acids is 2. The van der Waals surface area contributed by atoms with E-state index in [-0.39, 0.29) is 19.8 Å². The largest absolute Gasteiger partial charge is 0.464 e. The van der Waals surface area contributed by atoms with E-state index in [4.69, 9.17) is 14.5 Å². The number of pyridine rings is 1. The summed E-state index contributed by atoms with van der Waals surface area (Å²) in [6.07, 6.45) is 5.77. The lowest BCUT2D eigenvalue weighted by atomic mass is 9.92. The summed E-state index contributed by atoms with van der Waals surface area (Å²) in [7, 11) is 0. The predicted molar refractivity (Wildman–Crippen MR) is 165 cm³/mol. The molecule has 11 heteroatoms. The number of aromatic nitrogens is 3. The van der Waals surface area contributed by atoms with Crippen LogP contribution in [0.1, 0.15) is 61.4 Å². The highest BCUT2D eigenvalue weighted by molar-refractivity contribution is 5.82. The molecule has 4 heterocycles. The number of aryl methyl sites for hydroxylation is 1. The van der Waals surface area contributed by atoms with Crippen LogP contribution in [0.2, 0.25) is 0 Å². The van der Waals surface area contributed by atoms with Gasteiger partial charge in [-0.1, -0.05) is 43.3 Å². The number of fused-ring (bicyclic) bond motifs is 1. The van der Waals surface area contributed by atoms with Crippen LogP contribution in [0.5, 0.6) is 0 Å². The summed E-state index contributed by atoms with van der Waals surface area (Å²) in [6.45, 7) is 6.88. The highest BCUT2D eigenvalue weighted by atomic mass is 16.6. The topological polar surface area (TPSA) is 131 Å². The fraction of sp³-hybridized carbons (Fsp3) is 0.469. The van der Waals surface area contributed by atoms with Crippen LogP contribution in [0.3, 0.4) is 0 Å². The molecule has 2 aliphatic heterocycles. The standard InChI is InChI=1S/C32H41N7O4/c1-3-25-29(34-19-27(31(40)42-4-2)38-32(41)43-20-22-9-6-5-7-10-22)35-21-36-30(25)39-17-14-23(15-18-39)26-13-12-24-11-8-16-33-28(24)37-26/h5-7,9-10,12-13,21,23,27H,3-4,8,11,14-20H2,1-2H3,(H,33,37)(H,38,41)(H,34,35,36)/t27-/m1/s1. The number of hydrogen-bond donors (Lipinski definition) is 3. The Morgan fingerprint density at radius 3 is 2.65 bits per heavy atom. The van der Waals surface area contributed by atoms with Crippen LogP contribution >= 0.6 is 0 Å². The van der Waals surface area contributed by atoms with Crippen LogP contribution in [0.4, 0.5) is 22.2 Å². The average molecular weight is 588 g/mol. The fourth-order valence-corrected chi connectivity index (χ4v) is 5.65. The predicted octanol–water partition coefficient (Wildman–Crippen LogP) is 4.45. The van der Waals surface area contributed by atoms with Gasteiger partial charge in [0.05, 0.1) is 6.61 Å². The van der Waals surface area contributed by atoms with E-state index >= 15 is 0 Å². The number of nitrogens with zero attached hydrogens (tertiary/aromatic N) is 4. The lowest BCUT2D eigenvalue weighted by Crippen LogP contribution is -2.46. The van der Waals surface area contributed by atoms with Gasteiger partial charge >= 0.3 is 12.1 Å². The highest BCUT2D eigenvalue weighted by Gasteiger charge is 2.27. The Morgan fingerprint density at radius 2 is 1.88 bits per heavy atom. The van der Waals surface area contributed by atoms with E-state index in [1.165, 1.54) is 5.56 Å². The molecule has 3 aromatic rings. The number of hydrogen-bond acceptors (Lipinski definition) is 10. The second kappa shape index (κ2) is 14.7. The fourth-order valence-electron chi connectivity index (χ4n) is 5.65. The Bertz CT molecular complexity index is 1380. The van der Waals surface area contributed by atoms with Crippen molar-refractivity contribution in [2.45, 2.75) is 64.5 Å². The van der Waals surface area contributed by atoms with Gasteiger partial charge in [0.2, 0.25) is 0 Å². The summed E-state index contributed by atoms with van der Waals surface area (Å²) in [4.78, 5) is 41.6. The summed E-state index contributed by atoms with van der Waals surface area (Å²) in [6, 6.07) is 12.8. The van der Waals surface area contributed by atoms with Gasteiger partial charge in [0.1, 0.15) is 36.4 Å². The molecule has 1 amide bonds. The molecule has 0 radical (unpaired) electrons. The maximum Gasteiger partial charge on any atom is 0.408 e. The number of esters is 1. The van der Waals surface area contributed by atoms with Crippen molar-refractivity contribution in [2.75, 3.05) is 48.3 Å². The summed E-state index contributed by atoms with van der Waals surface area (Å²) in [5, 5.41) is 9.35. The van der Waals surface area contributed by atoms with E-state index in [1.807, 2.05) is 30.3 Å². The Hall–Kier alpha value is -4.41. The van der Waals surface area contributed by atoms with Gasteiger partial charge in [0.25, 0.3) is 0 Å². The molecule has 11 nitrogen and oxygen atoms in total. The van der Waals surface area contributed by atoms with Crippen molar-refractivity contribution in [2.24, 2.45) is 0 Å². The Labute approximate surface area is 252 Å². The van der Waals surface area contributed by atoms with Crippen LogP contribution in [0, 0.1) is 0 Å². The first-order valence-corrected chi connectivity index (χ1v) is 15.3. The lowest BCUT2D eigenvalue weighted by molar-refractivity contribution is -0.145. The Balaban J connectivity index is 1.21. The number of alkyl carbamates (subject to hydrolysis) is 1. The van der Waals surface area contributed by atoms with Crippen molar-refractivity contribution < 1.29 is 19.1 Å². The van der Waals surface area contributed by atoms with Crippen molar-refractivity contribution in [1.29, 1.82) is 0 Å². The van der Waals surface area contributed by atoms with Crippen LogP contribution in [0.25, 0.3) is 0 Å². The van der Waals surface area contributed by atoms with E-state index in [1.54, 1.807) is 13.3 Å². The monoisotopic (exact) mass is 587 g/mol.